The molecule has 4 amide bonds. The van der Waals surface area contributed by atoms with Gasteiger partial charge in [0.25, 0.3) is 6.26 Å². The predicted molar refractivity (Wildman–Crippen MR) is 357 cm³/mol. The van der Waals surface area contributed by atoms with Crippen molar-refractivity contribution in [2.24, 2.45) is 5.92 Å². The number of carbonyl (C=O) groups is 2. The van der Waals surface area contributed by atoms with Gasteiger partial charge in [0, 0.05) is 49.6 Å². The molecular weight excluding hydrogens is 1430 g/mol. The predicted octanol–water partition coefficient (Wildman–Crippen LogP) is 19.8. The molecule has 0 saturated carbocycles. The van der Waals surface area contributed by atoms with E-state index in [4.69, 9.17) is 5.26 Å². The van der Waals surface area contributed by atoms with E-state index in [9.17, 15) is 19.8 Å². The van der Waals surface area contributed by atoms with Gasteiger partial charge in [-0.3, -0.25) is 14.7 Å². The standard InChI is InChI=1S/C22H20Br2N2O2.C22H18Br2N2O.C16H17BrO.C7H4BrNO/c1-15(21(27)16-5-3-2-4-6-16)26(20-13-9-18(24)10-14-20)22(28)25-19-11-7-17(23)8-12-19;1-15-21(16-5-3-2-4-6-16)26(20-13-9-18(24)10-14-20)22(27)25(15)19-11-7-17(23)8-12-19;1-12(11-13-7-9-15(17)10-8-13)16(18)14-5-3-2-4-6-14;8-6-1-3-7(4-2-6)10-5-9/h2-15,21,27H,1H3,(H,25,28);2-15,21H,1H3;2-10,12,16,18H,11H2,1H3;1-4H. The number of urea groups is 2. The van der Waals surface area contributed by atoms with Crippen LogP contribution in [0.5, 0.6) is 5.75 Å². The zero-order chi connectivity index (χ0) is 59.4. The van der Waals surface area contributed by atoms with Gasteiger partial charge in [-0.15, -0.1) is 5.26 Å². The van der Waals surface area contributed by atoms with Gasteiger partial charge < -0.3 is 20.3 Å². The average Bonchev–Trinajstić information content (AvgIpc) is 3.60. The number of hydrogen-bond donors (Lipinski definition) is 3. The molecule has 9 aromatic rings. The fraction of sp³-hybridized carbons (Fsp3) is 0.149. The summed E-state index contributed by atoms with van der Waals surface area (Å²) in [5.41, 5.74) is 7.29. The highest BCUT2D eigenvalue weighted by Crippen LogP contribution is 2.42. The number of nitrogens with zero attached hydrogens (tertiary/aromatic N) is 4. The molecule has 0 aromatic heterocycles. The van der Waals surface area contributed by atoms with Crippen molar-refractivity contribution in [3.63, 3.8) is 0 Å². The first-order valence-electron chi connectivity index (χ1n) is 26.3. The molecule has 1 aliphatic rings. The summed E-state index contributed by atoms with van der Waals surface area (Å²) in [6, 6.07) is 74.4. The van der Waals surface area contributed by atoms with Crippen molar-refractivity contribution in [2.45, 2.75) is 57.5 Å². The van der Waals surface area contributed by atoms with Crippen molar-refractivity contribution < 1.29 is 24.5 Å². The van der Waals surface area contributed by atoms with Crippen LogP contribution in [0.3, 0.4) is 0 Å². The number of carbonyl (C=O) groups excluding carboxylic acids is 2. The fourth-order valence-electron chi connectivity index (χ4n) is 9.23. The van der Waals surface area contributed by atoms with Gasteiger partial charge in [0.05, 0.1) is 30.3 Å². The zero-order valence-electron chi connectivity index (χ0n) is 45.4. The molecule has 1 saturated heterocycles. The second kappa shape index (κ2) is 32.0. The average molecular weight is 1490 g/mol. The summed E-state index contributed by atoms with van der Waals surface area (Å²) in [5.74, 6) is 0.763. The first-order chi connectivity index (χ1) is 40.0. The van der Waals surface area contributed by atoms with Crippen molar-refractivity contribution in [1.29, 1.82) is 5.26 Å². The van der Waals surface area contributed by atoms with Crippen LogP contribution in [0.2, 0.25) is 0 Å². The molecule has 0 spiro atoms. The molecule has 6 unspecified atom stereocenters. The molecule has 1 fully saturated rings. The smallest absolute Gasteiger partial charge is 0.329 e. The molecule has 0 radical (unpaired) electrons. The van der Waals surface area contributed by atoms with E-state index >= 15 is 0 Å². The number of nitriles is 1. The number of ether oxygens (including phenoxy) is 1. The fourth-order valence-corrected chi connectivity index (χ4v) is 10.8. The van der Waals surface area contributed by atoms with E-state index in [1.807, 2.05) is 217 Å². The van der Waals surface area contributed by atoms with E-state index in [2.05, 4.69) is 144 Å². The van der Waals surface area contributed by atoms with Crippen LogP contribution in [0, 0.1) is 17.4 Å². The molecule has 424 valence electrons. The maximum Gasteiger partial charge on any atom is 0.329 e. The SMILES string of the molecule is CC(C(O)c1ccccc1)N(C(=O)Nc1ccc(Br)cc1)c1ccc(Br)cc1.CC(Cc1ccc(Br)cc1)C(O)c1ccccc1.CC1C(c2ccccc2)N(c2ccc(Br)cc2)C(=O)N1c1ccc(Br)cc1.N#COc1ccc(Br)cc1. The van der Waals surface area contributed by atoms with E-state index in [1.54, 1.807) is 23.3 Å². The minimum absolute atomic E-state index is 0.00952. The van der Waals surface area contributed by atoms with E-state index in [-0.39, 0.29) is 30.1 Å². The van der Waals surface area contributed by atoms with Gasteiger partial charge in [0.15, 0.2) is 0 Å². The molecule has 83 heavy (non-hydrogen) atoms. The number of aliphatic hydroxyl groups excluding tert-OH is 2. The van der Waals surface area contributed by atoms with Crippen LogP contribution in [-0.2, 0) is 6.42 Å². The normalized spacial score (nSPS) is 14.8. The molecule has 3 N–H and O–H groups in total. The van der Waals surface area contributed by atoms with Gasteiger partial charge in [0.1, 0.15) is 5.75 Å². The molecule has 9 aromatic carbocycles. The van der Waals surface area contributed by atoms with Gasteiger partial charge >= 0.3 is 12.1 Å². The van der Waals surface area contributed by atoms with E-state index < -0.39 is 18.2 Å². The van der Waals surface area contributed by atoms with Crippen molar-refractivity contribution in [3.8, 4) is 12.0 Å². The maximum absolute atomic E-state index is 13.5. The summed E-state index contributed by atoms with van der Waals surface area (Å²) < 4.78 is 10.4. The third kappa shape index (κ3) is 18.6. The second-order valence-electron chi connectivity index (χ2n) is 19.3. The molecule has 6 atom stereocenters. The van der Waals surface area contributed by atoms with Crippen molar-refractivity contribution >= 4 is 130 Å². The maximum atomic E-state index is 13.5. The Morgan fingerprint density at radius 3 is 1.42 bits per heavy atom. The molecule has 1 aliphatic heterocycles. The lowest BCUT2D eigenvalue weighted by Gasteiger charge is -2.33. The molecule has 0 aliphatic carbocycles. The number of rotatable bonds is 13. The van der Waals surface area contributed by atoms with E-state index in [1.165, 1.54) is 5.56 Å². The molecule has 10 rings (SSSR count). The highest BCUT2D eigenvalue weighted by Gasteiger charge is 2.45. The number of halogens is 6. The quantitative estimate of drug-likeness (QED) is 0.0986. The Morgan fingerprint density at radius 2 is 0.952 bits per heavy atom. The van der Waals surface area contributed by atoms with Crippen molar-refractivity contribution in [2.75, 3.05) is 20.0 Å². The van der Waals surface area contributed by atoms with Crippen LogP contribution in [0.15, 0.2) is 263 Å². The van der Waals surface area contributed by atoms with Gasteiger partial charge in [-0.2, -0.15) is 0 Å². The summed E-state index contributed by atoms with van der Waals surface area (Å²) >= 11 is 20.4. The van der Waals surface area contributed by atoms with Crippen LogP contribution in [0.4, 0.5) is 32.3 Å². The Kier molecular flexibility index (Phi) is 24.8. The number of benzene rings is 9. The van der Waals surface area contributed by atoms with Crippen molar-refractivity contribution in [1.82, 2.24) is 0 Å². The summed E-state index contributed by atoms with van der Waals surface area (Å²) in [6.45, 7) is 6.02. The number of aliphatic hydroxyl groups is 2. The minimum atomic E-state index is -0.833. The Hall–Kier alpha value is -6.39. The second-order valence-corrected chi connectivity index (χ2v) is 24.8. The van der Waals surface area contributed by atoms with Crippen LogP contribution >= 0.6 is 95.6 Å². The van der Waals surface area contributed by atoms with E-state index in [0.717, 1.165) is 61.3 Å². The number of amides is 4. The Labute approximate surface area is 536 Å². The molecule has 0 bridgehead atoms. The number of anilines is 4. The first kappa shape index (κ1) is 64.2. The van der Waals surface area contributed by atoms with Gasteiger partial charge in [0.2, 0.25) is 0 Å². The highest BCUT2D eigenvalue weighted by atomic mass is 79.9. The lowest BCUT2D eigenvalue weighted by molar-refractivity contribution is 0.117. The van der Waals surface area contributed by atoms with E-state index in [0.29, 0.717) is 17.1 Å². The van der Waals surface area contributed by atoms with Gasteiger partial charge in [-0.25, -0.2) is 9.59 Å². The van der Waals surface area contributed by atoms with Gasteiger partial charge in [-0.1, -0.05) is 206 Å². The summed E-state index contributed by atoms with van der Waals surface area (Å²) in [7, 11) is 0. The lowest BCUT2D eigenvalue weighted by atomic mass is 9.91. The Bertz CT molecular complexity index is 3480. The highest BCUT2D eigenvalue weighted by molar-refractivity contribution is 9.11. The third-order valence-corrected chi connectivity index (χ3v) is 16.6. The number of hydrogen-bond acceptors (Lipinski definition) is 6. The summed E-state index contributed by atoms with van der Waals surface area (Å²) in [4.78, 5) is 32.0. The lowest BCUT2D eigenvalue weighted by Crippen LogP contribution is -2.44. The largest absolute Gasteiger partial charge is 0.388 e. The molecular formula is C67H59Br6N5O5. The summed E-state index contributed by atoms with van der Waals surface area (Å²) in [5, 5.41) is 32.2. The van der Waals surface area contributed by atoms with Crippen LogP contribution in [0.25, 0.3) is 0 Å². The monoisotopic (exact) mass is 1490 g/mol. The van der Waals surface area contributed by atoms with Crippen molar-refractivity contribution in [3.05, 3.63) is 286 Å². The molecule has 1 heterocycles. The van der Waals surface area contributed by atoms with Crippen LogP contribution < -0.4 is 24.8 Å². The molecule has 10 nitrogen and oxygen atoms in total. The van der Waals surface area contributed by atoms with Crippen LogP contribution in [-0.4, -0.2) is 34.4 Å². The Morgan fingerprint density at radius 1 is 0.554 bits per heavy atom. The molecule has 16 heteroatoms. The van der Waals surface area contributed by atoms with Crippen LogP contribution in [0.1, 0.15) is 61.3 Å². The number of nitrogens with one attached hydrogen (secondary N) is 1. The third-order valence-electron chi connectivity index (χ3n) is 13.5. The minimum Gasteiger partial charge on any atom is -0.388 e. The van der Waals surface area contributed by atoms with Gasteiger partial charge in [-0.05, 0) is 182 Å². The topological polar surface area (TPSA) is 129 Å². The zero-order valence-corrected chi connectivity index (χ0v) is 54.9. The Balaban J connectivity index is 0.000000168. The first-order valence-corrected chi connectivity index (χ1v) is 31.1. The summed E-state index contributed by atoms with van der Waals surface area (Å²) in [6.07, 6.45) is 1.23.